The number of carboxylic acid groups (broad SMARTS) is 2. The molecule has 0 saturated carbocycles. The average molecular weight is 330 g/mol. The van der Waals surface area contributed by atoms with Crippen LogP contribution in [0, 0.1) is 5.92 Å². The van der Waals surface area contributed by atoms with Gasteiger partial charge < -0.3 is 14.9 Å². The van der Waals surface area contributed by atoms with Crippen LogP contribution in [0.2, 0.25) is 0 Å². The van der Waals surface area contributed by atoms with Gasteiger partial charge in [0.1, 0.15) is 5.60 Å². The largest absolute Gasteiger partial charge is 0.503 e. The number of carbonyl (C=O) groups is 2. The van der Waals surface area contributed by atoms with Gasteiger partial charge in [-0.05, 0) is 32.8 Å². The van der Waals surface area contributed by atoms with E-state index in [1.165, 1.54) is 11.3 Å². The van der Waals surface area contributed by atoms with E-state index in [1.54, 1.807) is 0 Å². The second kappa shape index (κ2) is 9.04. The van der Waals surface area contributed by atoms with Gasteiger partial charge in [0.25, 0.3) is 0 Å². The Labute approximate surface area is 133 Å². The highest BCUT2D eigenvalue weighted by Gasteiger charge is 2.16. The number of allylic oxidation sites excluding steroid dienone is 1. The second-order valence-corrected chi connectivity index (χ2v) is 6.45. The number of hydrogen-bond donors (Lipinski definition) is 3. The molecule has 1 aromatic rings. The molecule has 0 saturated heterocycles. The van der Waals surface area contributed by atoms with E-state index in [4.69, 9.17) is 19.7 Å². The quantitative estimate of drug-likeness (QED) is 0.758. The number of nitrogens with zero attached hydrogens (tertiary/aromatic N) is 1. The minimum atomic E-state index is -1.83. The summed E-state index contributed by atoms with van der Waals surface area (Å²) < 4.78 is 5.15. The molecule has 0 spiro atoms. The van der Waals surface area contributed by atoms with Gasteiger partial charge in [0, 0.05) is 5.38 Å². The number of carbonyl (C=O) groups excluding carboxylic acids is 1. The van der Waals surface area contributed by atoms with Crippen LogP contribution >= 0.6 is 11.3 Å². The predicted molar refractivity (Wildman–Crippen MR) is 86.5 cm³/mol. The Balaban J connectivity index is 0.000000980. The summed E-state index contributed by atoms with van der Waals surface area (Å²) in [7, 11) is 0. The number of rotatable bonds is 3. The van der Waals surface area contributed by atoms with Gasteiger partial charge in [-0.1, -0.05) is 19.9 Å². The fraction of sp³-hybridized carbons (Fsp3) is 0.500. The summed E-state index contributed by atoms with van der Waals surface area (Å²) in [6.45, 7) is 9.67. The number of amides is 1. The zero-order valence-corrected chi connectivity index (χ0v) is 14.1. The van der Waals surface area contributed by atoms with Gasteiger partial charge in [0.05, 0.1) is 5.69 Å². The van der Waals surface area contributed by atoms with Crippen LogP contribution < -0.4 is 5.32 Å². The van der Waals surface area contributed by atoms with Crippen molar-refractivity contribution in [2.24, 2.45) is 5.92 Å². The molecule has 0 aliphatic carbocycles. The molecule has 0 aromatic carbocycles. The molecule has 0 atom stereocenters. The molecule has 0 unspecified atom stereocenters. The van der Waals surface area contributed by atoms with E-state index in [-0.39, 0.29) is 0 Å². The topological polar surface area (TPSA) is 109 Å². The summed E-state index contributed by atoms with van der Waals surface area (Å²) in [5.74, 6) is 0.481. The van der Waals surface area contributed by atoms with Crippen LogP contribution in [0.15, 0.2) is 11.5 Å². The van der Waals surface area contributed by atoms with Gasteiger partial charge in [-0.25, -0.2) is 14.6 Å². The molecular weight excluding hydrogens is 308 g/mol. The molecule has 1 aromatic heterocycles. The number of anilines is 1. The maximum Gasteiger partial charge on any atom is 0.503 e. The monoisotopic (exact) mass is 330 g/mol. The van der Waals surface area contributed by atoms with E-state index < -0.39 is 17.8 Å². The van der Waals surface area contributed by atoms with E-state index in [2.05, 4.69) is 30.2 Å². The van der Waals surface area contributed by atoms with Crippen molar-refractivity contribution in [2.75, 3.05) is 5.32 Å². The minimum absolute atomic E-state index is 0.476. The molecule has 3 N–H and O–H groups in total. The molecule has 1 heterocycles. The lowest BCUT2D eigenvalue weighted by atomic mass is 10.2. The van der Waals surface area contributed by atoms with Crippen LogP contribution in [0.5, 0.6) is 0 Å². The van der Waals surface area contributed by atoms with Gasteiger partial charge in [-0.2, -0.15) is 0 Å². The van der Waals surface area contributed by atoms with E-state index in [0.717, 1.165) is 5.69 Å². The van der Waals surface area contributed by atoms with Crippen molar-refractivity contribution in [1.82, 2.24) is 4.98 Å². The first-order valence-electron chi connectivity index (χ1n) is 6.55. The van der Waals surface area contributed by atoms with E-state index in [9.17, 15) is 4.79 Å². The lowest BCUT2D eigenvalue weighted by Crippen LogP contribution is -2.27. The van der Waals surface area contributed by atoms with Crippen LogP contribution in [0.1, 0.15) is 40.3 Å². The lowest BCUT2D eigenvalue weighted by molar-refractivity contribution is 0.0635. The molecule has 1 rings (SSSR count). The molecular formula is C14H22N2O5S. The van der Waals surface area contributed by atoms with Crippen molar-refractivity contribution in [1.29, 1.82) is 0 Å². The van der Waals surface area contributed by atoms with Crippen LogP contribution in [-0.2, 0) is 4.74 Å². The summed E-state index contributed by atoms with van der Waals surface area (Å²) in [5, 5.41) is 19.0. The van der Waals surface area contributed by atoms with E-state index >= 15 is 0 Å². The molecule has 7 nitrogen and oxygen atoms in total. The molecule has 0 aliphatic heterocycles. The van der Waals surface area contributed by atoms with Crippen LogP contribution in [0.4, 0.5) is 14.7 Å². The predicted octanol–water partition coefficient (Wildman–Crippen LogP) is 4.38. The Morgan fingerprint density at radius 3 is 2.36 bits per heavy atom. The van der Waals surface area contributed by atoms with Gasteiger partial charge in [0.2, 0.25) is 0 Å². The third-order valence-electron chi connectivity index (χ3n) is 1.78. The molecule has 22 heavy (non-hydrogen) atoms. The molecule has 0 aliphatic rings. The summed E-state index contributed by atoms with van der Waals surface area (Å²) in [6.07, 6.45) is 1.70. The summed E-state index contributed by atoms with van der Waals surface area (Å²) in [4.78, 5) is 24.3. The van der Waals surface area contributed by atoms with Crippen molar-refractivity contribution in [3.63, 3.8) is 0 Å². The summed E-state index contributed by atoms with van der Waals surface area (Å²) >= 11 is 1.38. The summed E-state index contributed by atoms with van der Waals surface area (Å²) in [5.41, 5.74) is 0.349. The fourth-order valence-corrected chi connectivity index (χ4v) is 1.77. The zero-order chi connectivity index (χ0) is 17.3. The third-order valence-corrected chi connectivity index (χ3v) is 2.56. The van der Waals surface area contributed by atoms with Crippen molar-refractivity contribution in [3.8, 4) is 0 Å². The molecule has 0 bridgehead atoms. The average Bonchev–Trinajstić information content (AvgIpc) is 2.70. The minimum Gasteiger partial charge on any atom is -0.450 e. The maximum absolute atomic E-state index is 11.5. The molecule has 0 radical (unpaired) electrons. The van der Waals surface area contributed by atoms with E-state index in [1.807, 2.05) is 32.2 Å². The molecule has 124 valence electrons. The highest BCUT2D eigenvalue weighted by atomic mass is 32.1. The summed E-state index contributed by atoms with van der Waals surface area (Å²) in [6, 6.07) is 0. The number of ether oxygens (including phenoxy) is 1. The van der Waals surface area contributed by atoms with Crippen molar-refractivity contribution in [2.45, 2.75) is 40.2 Å². The Morgan fingerprint density at radius 1 is 1.36 bits per heavy atom. The Bertz CT molecular complexity index is 514. The highest BCUT2D eigenvalue weighted by Crippen LogP contribution is 2.18. The SMILES string of the molecule is CC(C)/C=C\c1csc(NC(=O)OC(C)(C)C)n1.O=C(O)O. The molecule has 8 heteroatoms. The smallest absolute Gasteiger partial charge is 0.450 e. The van der Waals surface area contributed by atoms with Crippen molar-refractivity contribution in [3.05, 3.63) is 17.2 Å². The first kappa shape index (κ1) is 19.9. The van der Waals surface area contributed by atoms with Crippen LogP contribution in [0.25, 0.3) is 6.08 Å². The number of thiazole rings is 1. The van der Waals surface area contributed by atoms with Crippen molar-refractivity contribution >= 4 is 34.8 Å². The van der Waals surface area contributed by atoms with E-state index in [0.29, 0.717) is 11.0 Å². The Hall–Kier alpha value is -2.09. The second-order valence-electron chi connectivity index (χ2n) is 5.59. The number of aromatic nitrogens is 1. The van der Waals surface area contributed by atoms with Crippen LogP contribution in [-0.4, -0.2) is 33.0 Å². The third kappa shape index (κ3) is 11.7. The Kier molecular flexibility index (Phi) is 8.18. The van der Waals surface area contributed by atoms with Crippen molar-refractivity contribution < 1.29 is 24.5 Å². The standard InChI is InChI=1S/C13H20N2O2S.CH2O3/c1-9(2)6-7-10-8-18-11(14-10)15-12(16)17-13(3,4)5;2-1(3)4/h6-9H,1-5H3,(H,14,15,16);(H2,2,3,4)/b7-6-;. The van der Waals surface area contributed by atoms with Gasteiger partial charge in [0.15, 0.2) is 5.13 Å². The zero-order valence-electron chi connectivity index (χ0n) is 13.3. The number of nitrogens with one attached hydrogen (secondary N) is 1. The highest BCUT2D eigenvalue weighted by molar-refractivity contribution is 7.14. The van der Waals surface area contributed by atoms with Gasteiger partial charge in [-0.15, -0.1) is 11.3 Å². The fourth-order valence-electron chi connectivity index (χ4n) is 1.10. The lowest BCUT2D eigenvalue weighted by Gasteiger charge is -2.18. The normalized spacial score (nSPS) is 11.0. The van der Waals surface area contributed by atoms with Gasteiger partial charge in [-0.3, -0.25) is 5.32 Å². The molecule has 0 fully saturated rings. The van der Waals surface area contributed by atoms with Crippen LogP contribution in [0.3, 0.4) is 0 Å². The maximum atomic E-state index is 11.5. The number of hydrogen-bond acceptors (Lipinski definition) is 5. The first-order chi connectivity index (χ1) is 9.99. The Morgan fingerprint density at radius 2 is 1.91 bits per heavy atom. The van der Waals surface area contributed by atoms with Gasteiger partial charge >= 0.3 is 12.2 Å². The first-order valence-corrected chi connectivity index (χ1v) is 7.43. The molecule has 1 amide bonds.